The molecule has 4 aromatic rings. The lowest BCUT2D eigenvalue weighted by molar-refractivity contribution is -0.116. The first-order chi connectivity index (χ1) is 16.2. The molecule has 176 valence electrons. The number of fused-ring (bicyclic) bond motifs is 1. The molecule has 1 heterocycles. The van der Waals surface area contributed by atoms with Crippen LogP contribution in [0.4, 0.5) is 14.5 Å². The second-order valence-corrected chi connectivity index (χ2v) is 9.82. The maximum Gasteiger partial charge on any atom is 0.320 e. The molecule has 0 saturated heterocycles. The van der Waals surface area contributed by atoms with Crippen LogP contribution in [0.2, 0.25) is 0 Å². The normalized spacial score (nSPS) is 11.9. The number of halogens is 2. The van der Waals surface area contributed by atoms with Gasteiger partial charge >= 0.3 is 6.55 Å². The summed E-state index contributed by atoms with van der Waals surface area (Å²) in [5.41, 5.74) is 2.55. The minimum absolute atomic E-state index is 0.0969. The fourth-order valence-corrected chi connectivity index (χ4v) is 4.65. The van der Waals surface area contributed by atoms with Gasteiger partial charge in [0.05, 0.1) is 22.5 Å². The minimum atomic E-state index is -3.82. The van der Waals surface area contributed by atoms with Gasteiger partial charge in [-0.15, -0.1) is 0 Å². The lowest BCUT2D eigenvalue weighted by Gasteiger charge is -2.17. The second-order valence-electron chi connectivity index (χ2n) is 7.77. The number of imidazole rings is 1. The van der Waals surface area contributed by atoms with Crippen LogP contribution in [0, 0.1) is 6.92 Å². The Balaban J connectivity index is 1.48. The third kappa shape index (κ3) is 4.68. The Labute approximate surface area is 195 Å². The summed E-state index contributed by atoms with van der Waals surface area (Å²) in [5, 5.41) is 2.63. The zero-order valence-corrected chi connectivity index (χ0v) is 19.3. The predicted molar refractivity (Wildman–Crippen MR) is 126 cm³/mol. The summed E-state index contributed by atoms with van der Waals surface area (Å²) in [5.74, 6) is -0.427. The van der Waals surface area contributed by atoms with E-state index in [-0.39, 0.29) is 17.3 Å². The first kappa shape index (κ1) is 23.5. The molecular weight excluding hydrogens is 462 g/mol. The number of hydrogen-bond donors (Lipinski definition) is 1. The average Bonchev–Trinajstić information content (AvgIpc) is 3.19. The SMILES string of the molecule is Cc1ccc(S(=O)(=O)N(C)CC(=O)Nc2ccc(-c3nc4ccccc4n3C(F)F)cc2)cc1. The Morgan fingerprint density at radius 2 is 1.68 bits per heavy atom. The first-order valence-corrected chi connectivity index (χ1v) is 11.8. The highest BCUT2D eigenvalue weighted by Gasteiger charge is 2.23. The average molecular weight is 485 g/mol. The summed E-state index contributed by atoms with van der Waals surface area (Å²) in [6, 6.07) is 19.2. The van der Waals surface area contributed by atoms with E-state index in [0.29, 0.717) is 22.3 Å². The second kappa shape index (κ2) is 9.32. The standard InChI is InChI=1S/C24H22F2N4O3S/c1-16-7-13-19(14-8-16)34(32,33)29(2)15-22(31)27-18-11-9-17(10-12-18)23-28-20-5-3-4-6-21(20)30(23)24(25)26/h3-14,24H,15H2,1-2H3,(H,27,31). The van der Waals surface area contributed by atoms with Gasteiger partial charge in [-0.2, -0.15) is 13.1 Å². The Morgan fingerprint density at radius 3 is 2.32 bits per heavy atom. The number of hydrogen-bond acceptors (Lipinski definition) is 4. The minimum Gasteiger partial charge on any atom is -0.325 e. The fourth-order valence-electron chi connectivity index (χ4n) is 3.53. The van der Waals surface area contributed by atoms with Crippen molar-refractivity contribution < 1.29 is 22.0 Å². The number of aryl methyl sites for hydroxylation is 1. The van der Waals surface area contributed by atoms with Gasteiger partial charge in [0.1, 0.15) is 5.82 Å². The molecule has 7 nitrogen and oxygen atoms in total. The number of nitrogens with zero attached hydrogens (tertiary/aromatic N) is 3. The number of likely N-dealkylation sites (N-methyl/N-ethyl adjacent to an activating group) is 1. The summed E-state index contributed by atoms with van der Waals surface area (Å²) >= 11 is 0. The van der Waals surface area contributed by atoms with Crippen molar-refractivity contribution >= 4 is 32.7 Å². The molecule has 0 aliphatic heterocycles. The highest BCUT2D eigenvalue weighted by molar-refractivity contribution is 7.89. The van der Waals surface area contributed by atoms with Crippen molar-refractivity contribution in [2.45, 2.75) is 18.4 Å². The van der Waals surface area contributed by atoms with Crippen molar-refractivity contribution in [3.8, 4) is 11.4 Å². The molecule has 0 spiro atoms. The number of sulfonamides is 1. The fraction of sp³-hybridized carbons (Fsp3) is 0.167. The molecule has 1 aromatic heterocycles. The van der Waals surface area contributed by atoms with Gasteiger partial charge in [-0.1, -0.05) is 29.8 Å². The van der Waals surface area contributed by atoms with Crippen molar-refractivity contribution in [3.63, 3.8) is 0 Å². The zero-order valence-electron chi connectivity index (χ0n) is 18.4. The molecule has 0 aliphatic rings. The van der Waals surface area contributed by atoms with Crippen molar-refractivity contribution in [2.24, 2.45) is 0 Å². The molecule has 10 heteroatoms. The number of carbonyl (C=O) groups excluding carboxylic acids is 1. The van der Waals surface area contributed by atoms with Crippen LogP contribution in [0.3, 0.4) is 0 Å². The van der Waals surface area contributed by atoms with Crippen LogP contribution in [0.25, 0.3) is 22.4 Å². The molecule has 1 N–H and O–H groups in total. The summed E-state index contributed by atoms with van der Waals surface area (Å²) < 4.78 is 54.6. The quantitative estimate of drug-likeness (QED) is 0.413. The highest BCUT2D eigenvalue weighted by Crippen LogP contribution is 2.30. The smallest absolute Gasteiger partial charge is 0.320 e. The van der Waals surface area contributed by atoms with Gasteiger partial charge in [0.25, 0.3) is 0 Å². The van der Waals surface area contributed by atoms with E-state index in [9.17, 15) is 22.0 Å². The van der Waals surface area contributed by atoms with Crippen LogP contribution in [0.5, 0.6) is 0 Å². The van der Waals surface area contributed by atoms with E-state index >= 15 is 0 Å². The molecule has 1 amide bonds. The van der Waals surface area contributed by atoms with Crippen LogP contribution >= 0.6 is 0 Å². The Hall–Kier alpha value is -3.63. The lowest BCUT2D eigenvalue weighted by atomic mass is 10.2. The maximum atomic E-state index is 13.7. The molecule has 0 saturated carbocycles. The molecule has 34 heavy (non-hydrogen) atoms. The van der Waals surface area contributed by atoms with E-state index in [1.54, 1.807) is 60.7 Å². The van der Waals surface area contributed by atoms with E-state index in [1.165, 1.54) is 19.2 Å². The number of aromatic nitrogens is 2. The Kier molecular flexibility index (Phi) is 6.45. The first-order valence-electron chi connectivity index (χ1n) is 10.4. The van der Waals surface area contributed by atoms with Gasteiger partial charge in [-0.3, -0.25) is 9.36 Å². The lowest BCUT2D eigenvalue weighted by Crippen LogP contribution is -2.34. The third-order valence-electron chi connectivity index (χ3n) is 5.31. The number of benzene rings is 3. The number of rotatable bonds is 7. The van der Waals surface area contributed by atoms with E-state index in [1.807, 2.05) is 6.92 Å². The van der Waals surface area contributed by atoms with Gasteiger partial charge < -0.3 is 5.32 Å². The largest absolute Gasteiger partial charge is 0.325 e. The monoisotopic (exact) mass is 484 g/mol. The molecule has 0 bridgehead atoms. The van der Waals surface area contributed by atoms with Crippen LogP contribution in [-0.2, 0) is 14.8 Å². The molecule has 0 fully saturated rings. The Bertz CT molecular complexity index is 1430. The van der Waals surface area contributed by atoms with Crippen molar-refractivity contribution in [3.05, 3.63) is 78.4 Å². The van der Waals surface area contributed by atoms with Crippen LogP contribution in [0.1, 0.15) is 12.1 Å². The summed E-state index contributed by atoms with van der Waals surface area (Å²) in [6.45, 7) is -1.31. The van der Waals surface area contributed by atoms with Crippen molar-refractivity contribution in [1.82, 2.24) is 13.9 Å². The van der Waals surface area contributed by atoms with Crippen molar-refractivity contribution in [1.29, 1.82) is 0 Å². The summed E-state index contributed by atoms with van der Waals surface area (Å²) in [7, 11) is -2.50. The van der Waals surface area contributed by atoms with Gasteiger partial charge in [-0.25, -0.2) is 13.4 Å². The molecule has 0 atom stereocenters. The van der Waals surface area contributed by atoms with Crippen LogP contribution in [-0.4, -0.2) is 41.8 Å². The molecule has 3 aromatic carbocycles. The zero-order chi connectivity index (χ0) is 24.5. The number of amides is 1. The number of nitrogens with one attached hydrogen (secondary N) is 1. The topological polar surface area (TPSA) is 84.3 Å². The van der Waals surface area contributed by atoms with Crippen molar-refractivity contribution in [2.75, 3.05) is 18.9 Å². The number of carbonyl (C=O) groups is 1. The van der Waals surface area contributed by atoms with E-state index in [4.69, 9.17) is 0 Å². The Morgan fingerprint density at radius 1 is 1.03 bits per heavy atom. The number of para-hydroxylation sites is 2. The molecule has 0 radical (unpaired) electrons. The van der Waals surface area contributed by atoms with Gasteiger partial charge in [0, 0.05) is 18.3 Å². The third-order valence-corrected chi connectivity index (χ3v) is 7.13. The predicted octanol–water partition coefficient (Wildman–Crippen LogP) is 4.67. The molecule has 0 unspecified atom stereocenters. The molecule has 4 rings (SSSR count). The molecular formula is C24H22F2N4O3S. The molecule has 0 aliphatic carbocycles. The van der Waals surface area contributed by atoms with Crippen LogP contribution < -0.4 is 5.32 Å². The highest BCUT2D eigenvalue weighted by atomic mass is 32.2. The summed E-state index contributed by atoms with van der Waals surface area (Å²) in [6.07, 6.45) is 0. The number of anilines is 1. The summed E-state index contributed by atoms with van der Waals surface area (Å²) in [4.78, 5) is 16.9. The van der Waals surface area contributed by atoms with Gasteiger partial charge in [-0.05, 0) is 55.5 Å². The van der Waals surface area contributed by atoms with E-state index in [2.05, 4.69) is 10.3 Å². The van der Waals surface area contributed by atoms with E-state index < -0.39 is 22.5 Å². The number of alkyl halides is 2. The van der Waals surface area contributed by atoms with Gasteiger partial charge in [0.2, 0.25) is 15.9 Å². The maximum absolute atomic E-state index is 13.7. The van der Waals surface area contributed by atoms with E-state index in [0.717, 1.165) is 14.4 Å². The van der Waals surface area contributed by atoms with Gasteiger partial charge in [0.15, 0.2) is 0 Å². The van der Waals surface area contributed by atoms with Crippen LogP contribution in [0.15, 0.2) is 77.7 Å².